The van der Waals surface area contributed by atoms with Crippen molar-refractivity contribution in [1.82, 2.24) is 15.2 Å². The monoisotopic (exact) mass is 285 g/mol. The second kappa shape index (κ2) is 7.73. The highest BCUT2D eigenvalue weighted by atomic mass is 32.1. The Kier molecular flexibility index (Phi) is 6.27. The molecule has 0 saturated heterocycles. The molecule has 106 valence electrons. The number of carboxylic acids is 1. The van der Waals surface area contributed by atoms with Gasteiger partial charge in [-0.15, -0.1) is 11.3 Å². The van der Waals surface area contributed by atoms with Crippen LogP contribution in [0.4, 0.5) is 4.79 Å². The van der Waals surface area contributed by atoms with Gasteiger partial charge in [0.1, 0.15) is 0 Å². The van der Waals surface area contributed by atoms with Gasteiger partial charge in [0.25, 0.3) is 0 Å². The Morgan fingerprint density at radius 3 is 2.79 bits per heavy atom. The summed E-state index contributed by atoms with van der Waals surface area (Å²) in [4.78, 5) is 29.1. The number of aromatic nitrogens is 1. The minimum absolute atomic E-state index is 0.0373. The number of amides is 2. The Hall–Kier alpha value is -1.63. The van der Waals surface area contributed by atoms with Crippen molar-refractivity contribution in [2.24, 2.45) is 0 Å². The lowest BCUT2D eigenvalue weighted by Crippen LogP contribution is -2.44. The van der Waals surface area contributed by atoms with Crippen molar-refractivity contribution in [2.75, 3.05) is 6.54 Å². The molecule has 1 aromatic rings. The summed E-state index contributed by atoms with van der Waals surface area (Å²) in [6, 6.07) is -0.135. The van der Waals surface area contributed by atoms with Crippen molar-refractivity contribution in [3.05, 3.63) is 16.6 Å². The van der Waals surface area contributed by atoms with E-state index in [0.717, 1.165) is 4.88 Å². The quantitative estimate of drug-likeness (QED) is 0.802. The number of nitrogens with one attached hydrogen (secondary N) is 1. The number of nitrogens with zero attached hydrogens (tertiary/aromatic N) is 2. The topological polar surface area (TPSA) is 82.5 Å². The zero-order valence-electron chi connectivity index (χ0n) is 11.1. The van der Waals surface area contributed by atoms with Crippen LogP contribution >= 0.6 is 11.3 Å². The van der Waals surface area contributed by atoms with E-state index >= 15 is 0 Å². The van der Waals surface area contributed by atoms with E-state index in [0.29, 0.717) is 19.5 Å². The van der Waals surface area contributed by atoms with E-state index in [1.165, 1.54) is 11.3 Å². The van der Waals surface area contributed by atoms with Crippen molar-refractivity contribution in [2.45, 2.75) is 39.3 Å². The highest BCUT2D eigenvalue weighted by molar-refractivity contribution is 7.09. The van der Waals surface area contributed by atoms with E-state index < -0.39 is 5.97 Å². The first-order valence-corrected chi connectivity index (χ1v) is 7.02. The third-order valence-electron chi connectivity index (χ3n) is 2.57. The molecular weight excluding hydrogens is 266 g/mol. The van der Waals surface area contributed by atoms with Crippen LogP contribution in [-0.4, -0.2) is 39.6 Å². The van der Waals surface area contributed by atoms with Gasteiger partial charge in [0, 0.05) is 30.1 Å². The fourth-order valence-electron chi connectivity index (χ4n) is 1.59. The molecule has 19 heavy (non-hydrogen) atoms. The van der Waals surface area contributed by atoms with Gasteiger partial charge in [-0.25, -0.2) is 4.79 Å². The minimum Gasteiger partial charge on any atom is -0.481 e. The molecule has 0 saturated carbocycles. The van der Waals surface area contributed by atoms with Crippen molar-refractivity contribution < 1.29 is 14.7 Å². The van der Waals surface area contributed by atoms with Crippen molar-refractivity contribution in [3.8, 4) is 0 Å². The first-order valence-electron chi connectivity index (χ1n) is 6.14. The SMILES string of the molecule is CC(C)N(CCCC(=O)O)C(=O)NCc1cncs1. The Balaban J connectivity index is 2.41. The standard InChI is InChI=1S/C12H19N3O3S/c1-9(2)15(5-3-4-11(16)17)12(18)14-7-10-6-13-8-19-10/h6,8-9H,3-5,7H2,1-2H3,(H,14,18)(H,16,17). The summed E-state index contributed by atoms with van der Waals surface area (Å²) < 4.78 is 0. The molecule has 0 bridgehead atoms. The lowest BCUT2D eigenvalue weighted by molar-refractivity contribution is -0.137. The lowest BCUT2D eigenvalue weighted by Gasteiger charge is -2.26. The molecule has 6 nitrogen and oxygen atoms in total. The van der Waals surface area contributed by atoms with Gasteiger partial charge in [0.15, 0.2) is 0 Å². The minimum atomic E-state index is -0.839. The number of rotatable bonds is 7. The maximum absolute atomic E-state index is 12.0. The van der Waals surface area contributed by atoms with Crippen LogP contribution in [0.5, 0.6) is 0 Å². The smallest absolute Gasteiger partial charge is 0.317 e. The fraction of sp³-hybridized carbons (Fsp3) is 0.583. The Morgan fingerprint density at radius 1 is 1.53 bits per heavy atom. The van der Waals surface area contributed by atoms with Gasteiger partial charge in [0.05, 0.1) is 12.1 Å². The van der Waals surface area contributed by atoms with E-state index in [2.05, 4.69) is 10.3 Å². The molecule has 0 unspecified atom stereocenters. The van der Waals surface area contributed by atoms with Crippen LogP contribution in [0.25, 0.3) is 0 Å². The molecular formula is C12H19N3O3S. The summed E-state index contributed by atoms with van der Waals surface area (Å²) in [5.74, 6) is -0.839. The van der Waals surface area contributed by atoms with Gasteiger partial charge in [-0.05, 0) is 20.3 Å². The molecule has 2 N–H and O–H groups in total. The van der Waals surface area contributed by atoms with Gasteiger partial charge in [0.2, 0.25) is 0 Å². The van der Waals surface area contributed by atoms with Crippen LogP contribution in [0.15, 0.2) is 11.7 Å². The van der Waals surface area contributed by atoms with Crippen LogP contribution in [-0.2, 0) is 11.3 Å². The third kappa shape index (κ3) is 5.69. The van der Waals surface area contributed by atoms with Crippen molar-refractivity contribution in [3.63, 3.8) is 0 Å². The van der Waals surface area contributed by atoms with E-state index in [4.69, 9.17) is 5.11 Å². The first kappa shape index (κ1) is 15.4. The number of thiazole rings is 1. The fourth-order valence-corrected chi connectivity index (χ4v) is 2.12. The second-order valence-electron chi connectivity index (χ2n) is 4.41. The molecule has 0 radical (unpaired) electrons. The maximum Gasteiger partial charge on any atom is 0.317 e. The normalized spacial score (nSPS) is 10.5. The van der Waals surface area contributed by atoms with E-state index in [9.17, 15) is 9.59 Å². The zero-order chi connectivity index (χ0) is 14.3. The highest BCUT2D eigenvalue weighted by Gasteiger charge is 2.16. The number of carbonyl (C=O) groups is 2. The van der Waals surface area contributed by atoms with Gasteiger partial charge >= 0.3 is 12.0 Å². The molecule has 0 atom stereocenters. The molecule has 7 heteroatoms. The van der Waals surface area contributed by atoms with Crippen LogP contribution in [0.1, 0.15) is 31.6 Å². The zero-order valence-corrected chi connectivity index (χ0v) is 11.9. The summed E-state index contributed by atoms with van der Waals surface area (Å²) in [6.45, 7) is 4.71. The molecule has 1 rings (SSSR count). The van der Waals surface area contributed by atoms with Crippen molar-refractivity contribution >= 4 is 23.3 Å². The van der Waals surface area contributed by atoms with Crippen molar-refractivity contribution in [1.29, 1.82) is 0 Å². The van der Waals surface area contributed by atoms with E-state index in [1.807, 2.05) is 13.8 Å². The summed E-state index contributed by atoms with van der Waals surface area (Å²) in [6.07, 6.45) is 2.25. The van der Waals surface area contributed by atoms with Gasteiger partial charge in [-0.3, -0.25) is 9.78 Å². The predicted octanol–water partition coefficient (Wildman–Crippen LogP) is 1.93. The second-order valence-corrected chi connectivity index (χ2v) is 5.38. The molecule has 0 aliphatic carbocycles. The number of hydrogen-bond acceptors (Lipinski definition) is 4. The molecule has 2 amide bonds. The molecule has 0 aliphatic rings. The van der Waals surface area contributed by atoms with Crippen LogP contribution < -0.4 is 5.32 Å². The summed E-state index contributed by atoms with van der Waals surface area (Å²) in [7, 11) is 0. The molecule has 1 aromatic heterocycles. The molecule has 0 aromatic carbocycles. The Labute approximate surface area is 116 Å². The summed E-state index contributed by atoms with van der Waals surface area (Å²) >= 11 is 1.48. The van der Waals surface area contributed by atoms with Crippen LogP contribution in [0, 0.1) is 0 Å². The Bertz CT molecular complexity index is 406. The lowest BCUT2D eigenvalue weighted by atomic mass is 10.2. The number of carbonyl (C=O) groups excluding carboxylic acids is 1. The number of urea groups is 1. The van der Waals surface area contributed by atoms with Gasteiger partial charge in [-0.1, -0.05) is 0 Å². The largest absolute Gasteiger partial charge is 0.481 e. The average Bonchev–Trinajstić information content (AvgIpc) is 2.84. The number of carboxylic acid groups (broad SMARTS) is 1. The molecule has 0 aliphatic heterocycles. The maximum atomic E-state index is 12.0. The van der Waals surface area contributed by atoms with Gasteiger partial charge < -0.3 is 15.3 Å². The third-order valence-corrected chi connectivity index (χ3v) is 3.35. The van der Waals surface area contributed by atoms with Gasteiger partial charge in [-0.2, -0.15) is 0 Å². The molecule has 1 heterocycles. The average molecular weight is 285 g/mol. The number of aliphatic carboxylic acids is 1. The summed E-state index contributed by atoms with van der Waals surface area (Å²) in [5.41, 5.74) is 1.72. The first-order chi connectivity index (χ1) is 9.00. The summed E-state index contributed by atoms with van der Waals surface area (Å²) in [5, 5.41) is 11.4. The van der Waals surface area contributed by atoms with Crippen LogP contribution in [0.3, 0.4) is 0 Å². The molecule has 0 spiro atoms. The highest BCUT2D eigenvalue weighted by Crippen LogP contribution is 2.06. The van der Waals surface area contributed by atoms with E-state index in [1.54, 1.807) is 16.6 Å². The molecule has 0 fully saturated rings. The van der Waals surface area contributed by atoms with Crippen LogP contribution in [0.2, 0.25) is 0 Å². The Morgan fingerprint density at radius 2 is 2.26 bits per heavy atom. The number of hydrogen-bond donors (Lipinski definition) is 2. The predicted molar refractivity (Wildman–Crippen MR) is 73.1 cm³/mol. The van der Waals surface area contributed by atoms with E-state index in [-0.39, 0.29) is 18.5 Å².